The maximum atomic E-state index is 6.08. The molecule has 0 bridgehead atoms. The second-order valence-corrected chi connectivity index (χ2v) is 7.77. The summed E-state index contributed by atoms with van der Waals surface area (Å²) in [5, 5.41) is 0. The van der Waals surface area contributed by atoms with Gasteiger partial charge in [-0.25, -0.2) is 0 Å². The molecule has 0 saturated carbocycles. The maximum Gasteiger partial charge on any atom is 0.107 e. The highest BCUT2D eigenvalue weighted by Gasteiger charge is 2.41. The van der Waals surface area contributed by atoms with Crippen LogP contribution >= 0.6 is 12.6 Å². The van der Waals surface area contributed by atoms with Crippen LogP contribution in [0.1, 0.15) is 54.9 Å². The smallest absolute Gasteiger partial charge is 0.107 e. The van der Waals surface area contributed by atoms with Gasteiger partial charge < -0.3 is 4.74 Å². The summed E-state index contributed by atoms with van der Waals surface area (Å²) in [7, 11) is 0. The quantitative estimate of drug-likeness (QED) is 0.662. The molecule has 0 spiro atoms. The van der Waals surface area contributed by atoms with Crippen LogP contribution in [-0.2, 0) is 4.74 Å². The van der Waals surface area contributed by atoms with Gasteiger partial charge >= 0.3 is 0 Å². The lowest BCUT2D eigenvalue weighted by molar-refractivity contribution is 0.0334. The first-order valence-corrected chi connectivity index (χ1v) is 6.04. The Bertz CT molecular complexity index is 259. The minimum absolute atomic E-state index is 0.0715. The van der Waals surface area contributed by atoms with E-state index in [0.29, 0.717) is 0 Å². The lowest BCUT2D eigenvalue weighted by Gasteiger charge is -2.27. The van der Waals surface area contributed by atoms with Crippen LogP contribution in [-0.4, -0.2) is 10.3 Å². The zero-order valence-corrected chi connectivity index (χ0v) is 12.0. The molecule has 0 aliphatic carbocycles. The molecule has 0 atom stereocenters. The van der Waals surface area contributed by atoms with E-state index in [-0.39, 0.29) is 15.8 Å². The van der Waals surface area contributed by atoms with Crippen LogP contribution in [0.5, 0.6) is 0 Å². The third-order valence-electron chi connectivity index (χ3n) is 2.67. The van der Waals surface area contributed by atoms with Crippen LogP contribution in [0, 0.1) is 5.41 Å². The lowest BCUT2D eigenvalue weighted by Crippen LogP contribution is -2.21. The summed E-state index contributed by atoms with van der Waals surface area (Å²) in [6.07, 6.45) is 0.982. The molecular weight excluding hydrogens is 204 g/mol. The van der Waals surface area contributed by atoms with Crippen molar-refractivity contribution in [3.05, 3.63) is 11.3 Å². The molecule has 1 nitrogen and oxygen atoms in total. The minimum atomic E-state index is -0.0869. The van der Waals surface area contributed by atoms with Crippen molar-refractivity contribution >= 4 is 12.6 Å². The van der Waals surface area contributed by atoms with E-state index >= 15 is 0 Å². The molecule has 0 saturated heterocycles. The van der Waals surface area contributed by atoms with Gasteiger partial charge in [0.05, 0.1) is 0 Å². The van der Waals surface area contributed by atoms with Gasteiger partial charge in [0.25, 0.3) is 0 Å². The Hall–Kier alpha value is -0.110. The number of hydrogen-bond acceptors (Lipinski definition) is 2. The minimum Gasteiger partial charge on any atom is -0.491 e. The fourth-order valence-electron chi connectivity index (χ4n) is 1.98. The van der Waals surface area contributed by atoms with Gasteiger partial charge in [0.2, 0.25) is 0 Å². The van der Waals surface area contributed by atoms with Gasteiger partial charge in [-0.05, 0) is 33.3 Å². The molecule has 0 aromatic carbocycles. The van der Waals surface area contributed by atoms with Gasteiger partial charge in [0.1, 0.15) is 11.4 Å². The second-order valence-electron chi connectivity index (χ2n) is 6.66. The Morgan fingerprint density at radius 1 is 1.13 bits per heavy atom. The summed E-state index contributed by atoms with van der Waals surface area (Å²) in [5.41, 5.74) is 1.35. The highest BCUT2D eigenvalue weighted by Crippen LogP contribution is 2.47. The van der Waals surface area contributed by atoms with Crippen molar-refractivity contribution in [2.45, 2.75) is 65.2 Å². The van der Waals surface area contributed by atoms with E-state index in [1.54, 1.807) is 0 Å². The Morgan fingerprint density at radius 2 is 1.60 bits per heavy atom. The standard InChI is InChI=1S/C13H24OS/c1-11(2,3)10-9(13(6,7)15)8-12(4,5)14-10/h15H,8H2,1-7H3. The predicted molar refractivity (Wildman–Crippen MR) is 69.3 cm³/mol. The van der Waals surface area contributed by atoms with E-state index in [1.165, 1.54) is 5.57 Å². The van der Waals surface area contributed by atoms with Crippen LogP contribution in [0.15, 0.2) is 11.3 Å². The molecule has 0 N–H and O–H groups in total. The van der Waals surface area contributed by atoms with E-state index < -0.39 is 0 Å². The number of allylic oxidation sites excluding steroid dienone is 1. The Balaban J connectivity index is 3.16. The number of hydrogen-bond donors (Lipinski definition) is 1. The molecule has 2 heteroatoms. The van der Waals surface area contributed by atoms with Crippen LogP contribution in [0.3, 0.4) is 0 Å². The topological polar surface area (TPSA) is 9.23 Å². The summed E-state index contributed by atoms with van der Waals surface area (Å²) in [5.74, 6) is 1.13. The normalized spacial score (nSPS) is 21.9. The lowest BCUT2D eigenvalue weighted by atomic mass is 9.85. The molecule has 0 unspecified atom stereocenters. The molecule has 15 heavy (non-hydrogen) atoms. The van der Waals surface area contributed by atoms with Gasteiger partial charge in [-0.15, -0.1) is 0 Å². The number of thiol groups is 1. The average molecular weight is 228 g/mol. The monoisotopic (exact) mass is 228 g/mol. The summed E-state index contributed by atoms with van der Waals surface area (Å²) >= 11 is 4.68. The highest BCUT2D eigenvalue weighted by atomic mass is 32.1. The first kappa shape index (κ1) is 13.0. The molecule has 0 amide bonds. The summed E-state index contributed by atoms with van der Waals surface area (Å²) in [6, 6.07) is 0. The largest absolute Gasteiger partial charge is 0.491 e. The Kier molecular flexibility index (Phi) is 2.97. The van der Waals surface area contributed by atoms with Crippen molar-refractivity contribution in [3.63, 3.8) is 0 Å². The van der Waals surface area contributed by atoms with Crippen LogP contribution < -0.4 is 0 Å². The molecule has 88 valence electrons. The van der Waals surface area contributed by atoms with E-state index in [0.717, 1.165) is 12.2 Å². The zero-order valence-electron chi connectivity index (χ0n) is 11.1. The van der Waals surface area contributed by atoms with Gasteiger partial charge in [-0.3, -0.25) is 0 Å². The predicted octanol–water partition coefficient (Wildman–Crippen LogP) is 4.19. The zero-order chi connectivity index (χ0) is 12.1. The molecular formula is C13H24OS. The first-order valence-electron chi connectivity index (χ1n) is 5.59. The summed E-state index contributed by atoms with van der Waals surface area (Å²) in [4.78, 5) is 0. The Morgan fingerprint density at radius 3 is 1.87 bits per heavy atom. The number of rotatable bonds is 1. The van der Waals surface area contributed by atoms with Gasteiger partial charge in [0.15, 0.2) is 0 Å². The molecule has 0 radical (unpaired) electrons. The molecule has 0 aromatic heterocycles. The van der Waals surface area contributed by atoms with Crippen molar-refractivity contribution in [2.75, 3.05) is 0 Å². The molecule has 1 heterocycles. The summed E-state index contributed by atoms with van der Waals surface area (Å²) < 4.78 is 6.00. The fraction of sp³-hybridized carbons (Fsp3) is 0.846. The van der Waals surface area contributed by atoms with E-state index in [4.69, 9.17) is 4.74 Å². The molecule has 1 aliphatic rings. The highest BCUT2D eigenvalue weighted by molar-refractivity contribution is 7.82. The SMILES string of the molecule is CC1(C)CC(C(C)(C)S)=C(C(C)(C)C)O1. The van der Waals surface area contributed by atoms with Crippen LogP contribution in [0.4, 0.5) is 0 Å². The first-order chi connectivity index (χ1) is 6.43. The molecule has 1 aliphatic heterocycles. The third-order valence-corrected chi connectivity index (χ3v) is 2.94. The van der Waals surface area contributed by atoms with Crippen LogP contribution in [0.25, 0.3) is 0 Å². The second kappa shape index (κ2) is 3.44. The molecule has 0 aromatic rings. The third kappa shape index (κ3) is 2.93. The summed E-state index contributed by atoms with van der Waals surface area (Å²) in [6.45, 7) is 15.2. The van der Waals surface area contributed by atoms with Gasteiger partial charge in [-0.2, -0.15) is 12.6 Å². The van der Waals surface area contributed by atoms with Crippen molar-refractivity contribution in [3.8, 4) is 0 Å². The van der Waals surface area contributed by atoms with Crippen molar-refractivity contribution in [1.82, 2.24) is 0 Å². The van der Waals surface area contributed by atoms with Crippen molar-refractivity contribution in [2.24, 2.45) is 5.41 Å². The maximum absolute atomic E-state index is 6.08. The van der Waals surface area contributed by atoms with E-state index in [1.807, 2.05) is 0 Å². The Labute approximate surface area is 99.7 Å². The van der Waals surface area contributed by atoms with Gasteiger partial charge in [-0.1, -0.05) is 20.8 Å². The number of ether oxygens (including phenoxy) is 1. The molecule has 1 rings (SSSR count). The van der Waals surface area contributed by atoms with E-state index in [9.17, 15) is 0 Å². The van der Waals surface area contributed by atoms with Crippen molar-refractivity contribution < 1.29 is 4.74 Å². The van der Waals surface area contributed by atoms with Crippen molar-refractivity contribution in [1.29, 1.82) is 0 Å². The fourth-order valence-corrected chi connectivity index (χ4v) is 2.16. The van der Waals surface area contributed by atoms with Gasteiger partial charge in [0, 0.05) is 16.6 Å². The van der Waals surface area contributed by atoms with E-state index in [2.05, 4.69) is 61.1 Å². The average Bonchev–Trinajstić information content (AvgIpc) is 2.23. The van der Waals surface area contributed by atoms with Crippen LogP contribution in [0.2, 0.25) is 0 Å². The molecule has 0 fully saturated rings.